The number of aryl methyl sites for hydroxylation is 1. The van der Waals surface area contributed by atoms with Crippen LogP contribution in [0.4, 0.5) is 5.69 Å². The first-order valence-corrected chi connectivity index (χ1v) is 10.5. The van der Waals surface area contributed by atoms with Crippen molar-refractivity contribution in [2.24, 2.45) is 5.92 Å². The third-order valence-electron chi connectivity index (χ3n) is 5.08. The van der Waals surface area contributed by atoms with Gasteiger partial charge >= 0.3 is 0 Å². The molecule has 154 valence electrons. The van der Waals surface area contributed by atoms with Crippen LogP contribution < -0.4 is 10.2 Å². The Balaban J connectivity index is 1.68. The summed E-state index contributed by atoms with van der Waals surface area (Å²) in [5, 5.41) is 3.59. The fourth-order valence-electron chi connectivity index (χ4n) is 3.27. The smallest absolute Gasteiger partial charge is 0.270 e. The second-order valence-corrected chi connectivity index (χ2v) is 8.23. The summed E-state index contributed by atoms with van der Waals surface area (Å²) in [7, 11) is 2.11. The molecule has 2 aromatic heterocycles. The maximum absolute atomic E-state index is 12.9. The van der Waals surface area contributed by atoms with E-state index < -0.39 is 0 Å². The van der Waals surface area contributed by atoms with Crippen LogP contribution in [-0.2, 0) is 13.0 Å². The van der Waals surface area contributed by atoms with Crippen LogP contribution in [0.3, 0.4) is 0 Å². The highest BCUT2D eigenvalue weighted by Gasteiger charge is 2.18. The Hall–Kier alpha value is -2.53. The van der Waals surface area contributed by atoms with Crippen LogP contribution in [0.2, 0.25) is 5.02 Å². The van der Waals surface area contributed by atoms with E-state index in [4.69, 9.17) is 11.6 Å². The van der Waals surface area contributed by atoms with E-state index >= 15 is 0 Å². The number of imidazole rings is 1. The number of halogens is 1. The normalized spacial score (nSPS) is 11.2. The van der Waals surface area contributed by atoms with Crippen LogP contribution in [0.25, 0.3) is 5.65 Å². The zero-order valence-corrected chi connectivity index (χ0v) is 18.3. The minimum atomic E-state index is -0.144. The molecule has 0 bridgehead atoms. The SMILES string of the molecule is CCc1nc2ccc(Cl)cn2c1C(=O)NCc1ccc(N(C)CCC(C)C)cc1. The second kappa shape index (κ2) is 9.31. The van der Waals surface area contributed by atoms with Crippen molar-refractivity contribution in [3.63, 3.8) is 0 Å². The van der Waals surface area contributed by atoms with Gasteiger partial charge < -0.3 is 10.2 Å². The summed E-state index contributed by atoms with van der Waals surface area (Å²) in [4.78, 5) is 19.7. The number of benzene rings is 1. The van der Waals surface area contributed by atoms with E-state index in [1.165, 1.54) is 5.69 Å². The zero-order valence-electron chi connectivity index (χ0n) is 17.6. The number of pyridine rings is 1. The molecule has 6 heteroatoms. The number of amides is 1. The third kappa shape index (κ3) is 5.10. The molecule has 29 heavy (non-hydrogen) atoms. The maximum atomic E-state index is 12.9. The van der Waals surface area contributed by atoms with Gasteiger partial charge in [-0.1, -0.05) is 44.5 Å². The molecule has 0 radical (unpaired) electrons. The van der Waals surface area contributed by atoms with E-state index in [0.29, 0.717) is 29.6 Å². The third-order valence-corrected chi connectivity index (χ3v) is 5.30. The summed E-state index contributed by atoms with van der Waals surface area (Å²) in [6.07, 6.45) is 3.58. The van der Waals surface area contributed by atoms with E-state index in [9.17, 15) is 4.79 Å². The van der Waals surface area contributed by atoms with Crippen molar-refractivity contribution >= 4 is 28.8 Å². The van der Waals surface area contributed by atoms with Gasteiger partial charge in [-0.25, -0.2) is 4.98 Å². The molecule has 0 aliphatic heterocycles. The molecular weight excluding hydrogens is 384 g/mol. The largest absolute Gasteiger partial charge is 0.375 e. The molecule has 3 aromatic rings. The van der Waals surface area contributed by atoms with Gasteiger partial charge in [0.25, 0.3) is 5.91 Å². The number of nitrogens with zero attached hydrogens (tertiary/aromatic N) is 3. The van der Waals surface area contributed by atoms with Crippen LogP contribution in [0.15, 0.2) is 42.6 Å². The number of fused-ring (bicyclic) bond motifs is 1. The summed E-state index contributed by atoms with van der Waals surface area (Å²) in [6.45, 7) is 7.97. The highest BCUT2D eigenvalue weighted by molar-refractivity contribution is 6.30. The molecular formula is C23H29ClN4O. The van der Waals surface area contributed by atoms with Gasteiger partial charge in [0.15, 0.2) is 0 Å². The number of rotatable bonds is 8. The van der Waals surface area contributed by atoms with E-state index in [-0.39, 0.29) is 5.91 Å². The van der Waals surface area contributed by atoms with Crippen LogP contribution in [0.5, 0.6) is 0 Å². The Kier molecular flexibility index (Phi) is 6.80. The number of carbonyl (C=O) groups excluding carboxylic acids is 1. The summed E-state index contributed by atoms with van der Waals surface area (Å²) < 4.78 is 1.77. The van der Waals surface area contributed by atoms with Crippen LogP contribution in [0, 0.1) is 5.92 Å². The highest BCUT2D eigenvalue weighted by Crippen LogP contribution is 2.18. The lowest BCUT2D eigenvalue weighted by atomic mass is 10.1. The Bertz CT molecular complexity index is 978. The quantitative estimate of drug-likeness (QED) is 0.568. The molecule has 0 saturated heterocycles. The van der Waals surface area contributed by atoms with Crippen LogP contribution in [0.1, 0.15) is 48.9 Å². The fraction of sp³-hybridized carbons (Fsp3) is 0.391. The number of aromatic nitrogens is 2. The van der Waals surface area contributed by atoms with E-state index in [1.54, 1.807) is 16.7 Å². The van der Waals surface area contributed by atoms with Crippen molar-refractivity contribution in [1.29, 1.82) is 0 Å². The summed E-state index contributed by atoms with van der Waals surface area (Å²) in [6, 6.07) is 11.9. The first kappa shape index (κ1) is 21.2. The first-order chi connectivity index (χ1) is 13.9. The molecule has 1 N–H and O–H groups in total. The van der Waals surface area contributed by atoms with E-state index in [0.717, 1.165) is 29.9 Å². The number of anilines is 1. The van der Waals surface area contributed by atoms with Crippen molar-refractivity contribution < 1.29 is 4.79 Å². The molecule has 5 nitrogen and oxygen atoms in total. The van der Waals surface area contributed by atoms with Crippen molar-refractivity contribution in [2.45, 2.75) is 40.2 Å². The summed E-state index contributed by atoms with van der Waals surface area (Å²) in [5.74, 6) is 0.546. The minimum absolute atomic E-state index is 0.144. The molecule has 0 saturated carbocycles. The van der Waals surface area contributed by atoms with Gasteiger partial charge in [0.2, 0.25) is 0 Å². The summed E-state index contributed by atoms with van der Waals surface area (Å²) >= 11 is 6.12. The lowest BCUT2D eigenvalue weighted by Crippen LogP contribution is -2.25. The lowest BCUT2D eigenvalue weighted by molar-refractivity contribution is 0.0944. The fourth-order valence-corrected chi connectivity index (χ4v) is 3.43. The Morgan fingerprint density at radius 3 is 2.59 bits per heavy atom. The molecule has 0 atom stereocenters. The number of nitrogens with one attached hydrogen (secondary N) is 1. The van der Waals surface area contributed by atoms with Crippen LogP contribution >= 0.6 is 11.6 Å². The van der Waals surface area contributed by atoms with Gasteiger partial charge in [-0.2, -0.15) is 0 Å². The van der Waals surface area contributed by atoms with Crippen LogP contribution in [-0.4, -0.2) is 28.9 Å². The lowest BCUT2D eigenvalue weighted by Gasteiger charge is -2.20. The van der Waals surface area contributed by atoms with E-state index in [2.05, 4.69) is 60.4 Å². The molecule has 1 amide bonds. The highest BCUT2D eigenvalue weighted by atomic mass is 35.5. The standard InChI is InChI=1S/C23H29ClN4O/c1-5-20-22(28-15-18(24)8-11-21(28)26-20)23(29)25-14-17-6-9-19(10-7-17)27(4)13-12-16(2)3/h6-11,15-16H,5,12-14H2,1-4H3,(H,25,29). The van der Waals surface area contributed by atoms with Crippen molar-refractivity contribution in [2.75, 3.05) is 18.5 Å². The number of hydrogen-bond donors (Lipinski definition) is 1. The molecule has 2 heterocycles. The minimum Gasteiger partial charge on any atom is -0.375 e. The number of carbonyl (C=O) groups is 1. The predicted octanol–water partition coefficient (Wildman–Crippen LogP) is 4.96. The average molecular weight is 413 g/mol. The van der Waals surface area contributed by atoms with Gasteiger partial charge in [0, 0.05) is 32.0 Å². The average Bonchev–Trinajstić information content (AvgIpc) is 3.08. The molecule has 0 aliphatic rings. The zero-order chi connectivity index (χ0) is 21.0. The summed E-state index contributed by atoms with van der Waals surface area (Å²) in [5.41, 5.74) is 4.29. The Labute approximate surface area is 177 Å². The van der Waals surface area contributed by atoms with Crippen molar-refractivity contribution in [3.05, 3.63) is 64.6 Å². The molecule has 3 rings (SSSR count). The first-order valence-electron chi connectivity index (χ1n) is 10.1. The topological polar surface area (TPSA) is 49.6 Å². The molecule has 0 aliphatic carbocycles. The van der Waals surface area contributed by atoms with Gasteiger partial charge in [-0.05, 0) is 48.6 Å². The molecule has 1 aromatic carbocycles. The van der Waals surface area contributed by atoms with Crippen molar-refractivity contribution in [3.8, 4) is 0 Å². The predicted molar refractivity (Wildman–Crippen MR) is 120 cm³/mol. The van der Waals surface area contributed by atoms with Gasteiger partial charge in [0.1, 0.15) is 11.3 Å². The monoisotopic (exact) mass is 412 g/mol. The van der Waals surface area contributed by atoms with E-state index in [1.807, 2.05) is 13.0 Å². The van der Waals surface area contributed by atoms with Crippen molar-refractivity contribution in [1.82, 2.24) is 14.7 Å². The molecule has 0 fully saturated rings. The number of hydrogen-bond acceptors (Lipinski definition) is 3. The molecule has 0 unspecified atom stereocenters. The van der Waals surface area contributed by atoms with Gasteiger partial charge in [-0.15, -0.1) is 0 Å². The second-order valence-electron chi connectivity index (χ2n) is 7.79. The Morgan fingerprint density at radius 2 is 1.93 bits per heavy atom. The van der Waals surface area contributed by atoms with Gasteiger partial charge in [0.05, 0.1) is 10.7 Å². The maximum Gasteiger partial charge on any atom is 0.270 e. The molecule has 0 spiro atoms. The Morgan fingerprint density at radius 1 is 1.21 bits per heavy atom. The van der Waals surface area contributed by atoms with Gasteiger partial charge in [-0.3, -0.25) is 9.20 Å².